The van der Waals surface area contributed by atoms with Crippen molar-refractivity contribution in [2.45, 2.75) is 19.5 Å². The Morgan fingerprint density at radius 3 is 2.61 bits per heavy atom. The van der Waals surface area contributed by atoms with Gasteiger partial charge in [0.1, 0.15) is 15.8 Å². The first-order chi connectivity index (χ1) is 13.2. The standard InChI is InChI=1S/C21H21BrFN3O2/c1-13(24-10-12-27)14-6-8-15(9-7-14)16-5-4-11-26-19(16)25-18(21(2,3)23)17(22)20(26)28/h4-9,11,24,27H,1,10,12H2,2-3H3. The zero-order chi connectivity index (χ0) is 20.5. The molecule has 2 N–H and O–H groups in total. The van der Waals surface area contributed by atoms with Crippen molar-refractivity contribution in [2.75, 3.05) is 13.2 Å². The number of nitrogens with zero attached hydrogens (tertiary/aromatic N) is 2. The van der Waals surface area contributed by atoms with Crippen molar-refractivity contribution >= 4 is 27.3 Å². The minimum absolute atomic E-state index is 0.0241. The first-order valence-electron chi connectivity index (χ1n) is 8.78. The summed E-state index contributed by atoms with van der Waals surface area (Å²) in [6.45, 7) is 7.14. The van der Waals surface area contributed by atoms with Gasteiger partial charge in [0.15, 0.2) is 0 Å². The van der Waals surface area contributed by atoms with Gasteiger partial charge < -0.3 is 10.4 Å². The van der Waals surface area contributed by atoms with Crippen molar-refractivity contribution in [3.63, 3.8) is 0 Å². The molecule has 1 aromatic carbocycles. The first kappa shape index (κ1) is 20.2. The lowest BCUT2D eigenvalue weighted by Crippen LogP contribution is -2.24. The molecule has 0 fully saturated rings. The fourth-order valence-electron chi connectivity index (χ4n) is 2.92. The quantitative estimate of drug-likeness (QED) is 0.603. The molecule has 3 aromatic rings. The van der Waals surface area contributed by atoms with E-state index in [0.29, 0.717) is 17.9 Å². The van der Waals surface area contributed by atoms with Gasteiger partial charge in [-0.15, -0.1) is 0 Å². The van der Waals surface area contributed by atoms with Gasteiger partial charge in [0.2, 0.25) is 0 Å². The number of hydrogen-bond acceptors (Lipinski definition) is 4. The highest BCUT2D eigenvalue weighted by molar-refractivity contribution is 9.10. The average Bonchev–Trinajstić information content (AvgIpc) is 2.67. The zero-order valence-corrected chi connectivity index (χ0v) is 17.3. The highest BCUT2D eigenvalue weighted by Crippen LogP contribution is 2.30. The second kappa shape index (κ2) is 7.85. The van der Waals surface area contributed by atoms with Crippen LogP contribution in [0.5, 0.6) is 0 Å². The highest BCUT2D eigenvalue weighted by Gasteiger charge is 2.27. The second-order valence-electron chi connectivity index (χ2n) is 6.87. The number of alkyl halides is 1. The Hall–Kier alpha value is -2.51. The van der Waals surface area contributed by atoms with Crippen LogP contribution in [-0.4, -0.2) is 27.6 Å². The largest absolute Gasteiger partial charge is 0.395 e. The number of rotatable bonds is 6. The van der Waals surface area contributed by atoms with E-state index in [0.717, 1.165) is 16.7 Å². The molecule has 2 heterocycles. The molecule has 0 aliphatic heterocycles. The summed E-state index contributed by atoms with van der Waals surface area (Å²) in [5.74, 6) is 0. The van der Waals surface area contributed by atoms with Crippen LogP contribution in [0.1, 0.15) is 25.1 Å². The predicted octanol–water partition coefficient (Wildman–Crippen LogP) is 3.88. The van der Waals surface area contributed by atoms with Crippen LogP contribution in [0.4, 0.5) is 4.39 Å². The summed E-state index contributed by atoms with van der Waals surface area (Å²) < 4.78 is 16.1. The molecular formula is C21H21BrFN3O2. The number of aliphatic hydroxyl groups excluding tert-OH is 1. The Balaban J connectivity index is 2.12. The van der Waals surface area contributed by atoms with Gasteiger partial charge in [0.05, 0.1) is 12.3 Å². The van der Waals surface area contributed by atoms with Crippen LogP contribution in [0.15, 0.2) is 58.4 Å². The molecule has 0 bridgehead atoms. The number of benzene rings is 1. The molecule has 7 heteroatoms. The third kappa shape index (κ3) is 3.86. The summed E-state index contributed by atoms with van der Waals surface area (Å²) in [7, 11) is 0. The Kier molecular flexibility index (Phi) is 5.67. The van der Waals surface area contributed by atoms with E-state index in [1.54, 1.807) is 12.3 Å². The predicted molar refractivity (Wildman–Crippen MR) is 113 cm³/mol. The van der Waals surface area contributed by atoms with Gasteiger partial charge in [-0.2, -0.15) is 0 Å². The van der Waals surface area contributed by atoms with E-state index in [4.69, 9.17) is 5.11 Å². The van der Waals surface area contributed by atoms with Crippen molar-refractivity contribution < 1.29 is 9.50 Å². The van der Waals surface area contributed by atoms with Crippen molar-refractivity contribution in [1.29, 1.82) is 0 Å². The highest BCUT2D eigenvalue weighted by atomic mass is 79.9. The molecule has 2 aromatic heterocycles. The van der Waals surface area contributed by atoms with E-state index < -0.39 is 5.67 Å². The molecular weight excluding hydrogens is 425 g/mol. The molecule has 0 saturated heterocycles. The van der Waals surface area contributed by atoms with Crippen molar-refractivity contribution in [3.05, 3.63) is 75.3 Å². The maximum atomic E-state index is 14.6. The molecule has 0 aliphatic rings. The molecule has 0 saturated carbocycles. The van der Waals surface area contributed by atoms with Gasteiger partial charge in [-0.25, -0.2) is 9.37 Å². The first-order valence-corrected chi connectivity index (χ1v) is 9.58. The number of nitrogens with one attached hydrogen (secondary N) is 1. The monoisotopic (exact) mass is 445 g/mol. The van der Waals surface area contributed by atoms with Crippen LogP contribution in [0.25, 0.3) is 22.5 Å². The van der Waals surface area contributed by atoms with Crippen LogP contribution in [0.3, 0.4) is 0 Å². The SMILES string of the molecule is C=C(NCCO)c1ccc(-c2cccn3c(=O)c(Br)c(C(C)(C)F)nc23)cc1. The van der Waals surface area contributed by atoms with Crippen LogP contribution in [-0.2, 0) is 5.67 Å². The third-order valence-electron chi connectivity index (χ3n) is 4.36. The maximum absolute atomic E-state index is 14.6. The molecule has 28 heavy (non-hydrogen) atoms. The molecule has 0 spiro atoms. The summed E-state index contributed by atoms with van der Waals surface area (Å²) in [6.07, 6.45) is 1.61. The third-order valence-corrected chi connectivity index (χ3v) is 5.07. The Morgan fingerprint density at radius 2 is 2.00 bits per heavy atom. The number of halogens is 2. The van der Waals surface area contributed by atoms with E-state index in [2.05, 4.69) is 32.8 Å². The van der Waals surface area contributed by atoms with E-state index in [9.17, 15) is 9.18 Å². The lowest BCUT2D eigenvalue weighted by molar-refractivity contribution is 0.213. The van der Waals surface area contributed by atoms with Crippen LogP contribution >= 0.6 is 15.9 Å². The number of pyridine rings is 1. The van der Waals surface area contributed by atoms with Crippen LogP contribution in [0, 0.1) is 0 Å². The van der Waals surface area contributed by atoms with E-state index in [1.165, 1.54) is 18.2 Å². The lowest BCUT2D eigenvalue weighted by atomic mass is 10.0. The molecule has 146 valence electrons. The maximum Gasteiger partial charge on any atom is 0.272 e. The average molecular weight is 446 g/mol. The van der Waals surface area contributed by atoms with Gasteiger partial charge >= 0.3 is 0 Å². The summed E-state index contributed by atoms with van der Waals surface area (Å²) >= 11 is 3.19. The fraction of sp³-hybridized carbons (Fsp3) is 0.238. The van der Waals surface area contributed by atoms with Gasteiger partial charge in [-0.1, -0.05) is 30.8 Å². The summed E-state index contributed by atoms with van der Waals surface area (Å²) in [5, 5.41) is 11.9. The minimum Gasteiger partial charge on any atom is -0.395 e. The summed E-state index contributed by atoms with van der Waals surface area (Å²) in [4.78, 5) is 17.2. The molecule has 5 nitrogen and oxygen atoms in total. The van der Waals surface area contributed by atoms with Crippen LogP contribution in [0.2, 0.25) is 0 Å². The van der Waals surface area contributed by atoms with Crippen LogP contribution < -0.4 is 10.9 Å². The summed E-state index contributed by atoms with van der Waals surface area (Å²) in [5.41, 5.74) is 1.50. The second-order valence-corrected chi connectivity index (χ2v) is 7.67. The van der Waals surface area contributed by atoms with E-state index in [1.807, 2.05) is 30.3 Å². The van der Waals surface area contributed by atoms with Gasteiger partial charge in [-0.05, 0) is 53.0 Å². The summed E-state index contributed by atoms with van der Waals surface area (Å²) in [6, 6.07) is 11.2. The fourth-order valence-corrected chi connectivity index (χ4v) is 3.67. The Morgan fingerprint density at radius 1 is 1.32 bits per heavy atom. The lowest BCUT2D eigenvalue weighted by Gasteiger charge is -2.17. The van der Waals surface area contributed by atoms with Crippen molar-refractivity contribution in [3.8, 4) is 11.1 Å². The Labute approximate surface area is 170 Å². The molecule has 0 atom stereocenters. The normalized spacial score (nSPS) is 11.6. The van der Waals surface area contributed by atoms with E-state index >= 15 is 0 Å². The van der Waals surface area contributed by atoms with Crippen molar-refractivity contribution in [2.24, 2.45) is 0 Å². The number of aromatic nitrogens is 2. The smallest absolute Gasteiger partial charge is 0.272 e. The molecule has 0 aliphatic carbocycles. The molecule has 0 unspecified atom stereocenters. The number of fused-ring (bicyclic) bond motifs is 1. The van der Waals surface area contributed by atoms with E-state index in [-0.39, 0.29) is 22.3 Å². The molecule has 0 amide bonds. The Bertz CT molecular complexity index is 1090. The zero-order valence-electron chi connectivity index (χ0n) is 15.7. The number of hydrogen-bond donors (Lipinski definition) is 2. The minimum atomic E-state index is -1.76. The molecule has 0 radical (unpaired) electrons. The van der Waals surface area contributed by atoms with Crippen molar-refractivity contribution in [1.82, 2.24) is 14.7 Å². The molecule has 3 rings (SSSR count). The van der Waals surface area contributed by atoms with Gasteiger partial charge in [-0.3, -0.25) is 9.20 Å². The topological polar surface area (TPSA) is 66.6 Å². The number of aliphatic hydroxyl groups is 1. The van der Waals surface area contributed by atoms with Gasteiger partial charge in [0, 0.05) is 24.0 Å². The van der Waals surface area contributed by atoms with Gasteiger partial charge in [0.25, 0.3) is 5.56 Å².